The Hall–Kier alpha value is -1.18. The average molecular weight is 428 g/mol. The molecule has 2 rings (SSSR count). The SMILES string of the molecule is CS(=O)(=O)Nc1ccc(C(=O)Nc2cc(Cl)c(Cl)cc2Cl)cc1Cl. The first-order valence-electron chi connectivity index (χ1n) is 6.30. The van der Waals surface area contributed by atoms with E-state index in [9.17, 15) is 13.2 Å². The van der Waals surface area contributed by atoms with E-state index in [1.807, 2.05) is 0 Å². The number of hydrogen-bond donors (Lipinski definition) is 2. The number of sulfonamides is 1. The van der Waals surface area contributed by atoms with E-state index in [4.69, 9.17) is 46.4 Å². The van der Waals surface area contributed by atoms with E-state index < -0.39 is 15.9 Å². The number of nitrogens with one attached hydrogen (secondary N) is 2. The second kappa shape index (κ2) is 7.37. The van der Waals surface area contributed by atoms with Gasteiger partial charge in [0.1, 0.15) is 0 Å². The maximum absolute atomic E-state index is 12.3. The van der Waals surface area contributed by atoms with Crippen LogP contribution in [-0.2, 0) is 10.0 Å². The van der Waals surface area contributed by atoms with Gasteiger partial charge in [0.05, 0.1) is 37.7 Å². The number of amides is 1. The molecule has 0 aliphatic carbocycles. The average Bonchev–Trinajstić information content (AvgIpc) is 2.45. The van der Waals surface area contributed by atoms with E-state index in [2.05, 4.69) is 10.0 Å². The standard InChI is InChI=1S/C14H10Cl4N2O3S/c1-24(22,23)20-12-3-2-7(4-10(12)17)14(21)19-13-6-9(16)8(15)5-11(13)18/h2-6,20H,1H3,(H,19,21). The van der Waals surface area contributed by atoms with Crippen LogP contribution in [0.4, 0.5) is 11.4 Å². The molecule has 0 aliphatic rings. The summed E-state index contributed by atoms with van der Waals surface area (Å²) in [6.45, 7) is 0. The molecular weight excluding hydrogens is 418 g/mol. The molecule has 0 saturated heterocycles. The van der Waals surface area contributed by atoms with Crippen LogP contribution in [0.25, 0.3) is 0 Å². The molecule has 1 amide bonds. The van der Waals surface area contributed by atoms with Crippen LogP contribution < -0.4 is 10.0 Å². The summed E-state index contributed by atoms with van der Waals surface area (Å²) in [6, 6.07) is 6.96. The highest BCUT2D eigenvalue weighted by atomic mass is 35.5. The Labute approximate surface area is 158 Å². The van der Waals surface area contributed by atoms with Crippen molar-refractivity contribution in [2.45, 2.75) is 0 Å². The van der Waals surface area contributed by atoms with Gasteiger partial charge >= 0.3 is 0 Å². The van der Waals surface area contributed by atoms with Crippen LogP contribution in [0.3, 0.4) is 0 Å². The zero-order valence-electron chi connectivity index (χ0n) is 12.0. The summed E-state index contributed by atoms with van der Waals surface area (Å²) >= 11 is 23.7. The number of benzene rings is 2. The van der Waals surface area contributed by atoms with Crippen LogP contribution in [0.5, 0.6) is 0 Å². The van der Waals surface area contributed by atoms with Crippen molar-refractivity contribution >= 4 is 73.7 Å². The van der Waals surface area contributed by atoms with Crippen molar-refractivity contribution in [3.63, 3.8) is 0 Å². The van der Waals surface area contributed by atoms with Crippen molar-refractivity contribution in [1.82, 2.24) is 0 Å². The maximum atomic E-state index is 12.3. The van der Waals surface area contributed by atoms with Crippen molar-refractivity contribution < 1.29 is 13.2 Å². The highest BCUT2D eigenvalue weighted by Crippen LogP contribution is 2.32. The third-order valence-electron chi connectivity index (χ3n) is 2.78. The van der Waals surface area contributed by atoms with E-state index in [1.54, 1.807) is 0 Å². The van der Waals surface area contributed by atoms with Gasteiger partial charge in [-0.1, -0.05) is 46.4 Å². The minimum absolute atomic E-state index is 0.0771. The smallest absolute Gasteiger partial charge is 0.255 e. The molecule has 0 heterocycles. The van der Waals surface area contributed by atoms with Crippen LogP contribution >= 0.6 is 46.4 Å². The van der Waals surface area contributed by atoms with Crippen LogP contribution in [0.15, 0.2) is 30.3 Å². The number of carbonyl (C=O) groups excluding carboxylic acids is 1. The third kappa shape index (κ3) is 4.91. The van der Waals surface area contributed by atoms with Crippen molar-refractivity contribution in [2.75, 3.05) is 16.3 Å². The quantitative estimate of drug-likeness (QED) is 0.679. The topological polar surface area (TPSA) is 75.3 Å². The van der Waals surface area contributed by atoms with Gasteiger partial charge in [0.2, 0.25) is 10.0 Å². The lowest BCUT2D eigenvalue weighted by Gasteiger charge is -2.11. The van der Waals surface area contributed by atoms with Gasteiger partial charge in [-0.25, -0.2) is 8.42 Å². The molecule has 0 unspecified atom stereocenters. The highest BCUT2D eigenvalue weighted by Gasteiger charge is 2.14. The fourth-order valence-electron chi connectivity index (χ4n) is 1.75. The van der Waals surface area contributed by atoms with E-state index >= 15 is 0 Å². The van der Waals surface area contributed by atoms with Gasteiger partial charge in [-0.15, -0.1) is 0 Å². The molecule has 2 aromatic carbocycles. The first kappa shape index (κ1) is 19.1. The summed E-state index contributed by atoms with van der Waals surface area (Å²) in [5.74, 6) is -0.497. The van der Waals surface area contributed by atoms with Crippen LogP contribution in [-0.4, -0.2) is 20.6 Å². The van der Waals surface area contributed by atoms with Gasteiger partial charge in [0.25, 0.3) is 5.91 Å². The lowest BCUT2D eigenvalue weighted by molar-refractivity contribution is 0.102. The Morgan fingerprint density at radius 3 is 2.04 bits per heavy atom. The maximum Gasteiger partial charge on any atom is 0.255 e. The molecule has 0 spiro atoms. The first-order chi connectivity index (χ1) is 11.1. The summed E-state index contributed by atoms with van der Waals surface area (Å²) in [4.78, 5) is 12.3. The van der Waals surface area contributed by atoms with Gasteiger partial charge < -0.3 is 5.32 Å². The van der Waals surface area contributed by atoms with Gasteiger partial charge in [0.15, 0.2) is 0 Å². The van der Waals surface area contributed by atoms with Crippen molar-refractivity contribution in [2.24, 2.45) is 0 Å². The highest BCUT2D eigenvalue weighted by molar-refractivity contribution is 7.92. The van der Waals surface area contributed by atoms with Crippen molar-refractivity contribution in [3.05, 3.63) is 56.0 Å². The second-order valence-electron chi connectivity index (χ2n) is 4.77. The molecule has 5 nitrogen and oxygen atoms in total. The number of rotatable bonds is 4. The van der Waals surface area contributed by atoms with E-state index in [0.29, 0.717) is 0 Å². The van der Waals surface area contributed by atoms with E-state index in [-0.39, 0.29) is 37.0 Å². The molecule has 0 saturated carbocycles. The third-order valence-corrected chi connectivity index (χ3v) is 4.72. The molecule has 10 heteroatoms. The first-order valence-corrected chi connectivity index (χ1v) is 9.70. The van der Waals surface area contributed by atoms with Gasteiger partial charge in [-0.05, 0) is 30.3 Å². The summed E-state index contributed by atoms with van der Waals surface area (Å²) in [5, 5.41) is 3.38. The monoisotopic (exact) mass is 426 g/mol. The predicted octanol–water partition coefficient (Wildman–Crippen LogP) is 4.92. The molecule has 0 radical (unpaired) electrons. The molecule has 0 aromatic heterocycles. The Bertz CT molecular complexity index is 916. The molecule has 0 fully saturated rings. The van der Waals surface area contributed by atoms with Crippen molar-refractivity contribution in [1.29, 1.82) is 0 Å². The minimum Gasteiger partial charge on any atom is -0.321 e. The molecule has 2 N–H and O–H groups in total. The Kier molecular flexibility index (Phi) is 5.88. The van der Waals surface area contributed by atoms with Crippen molar-refractivity contribution in [3.8, 4) is 0 Å². The minimum atomic E-state index is -3.48. The second-order valence-corrected chi connectivity index (χ2v) is 8.15. The molecule has 2 aromatic rings. The number of hydrogen-bond acceptors (Lipinski definition) is 3. The van der Waals surface area contributed by atoms with Crippen LogP contribution in [0.1, 0.15) is 10.4 Å². The van der Waals surface area contributed by atoms with E-state index in [1.165, 1.54) is 30.3 Å². The fourth-order valence-corrected chi connectivity index (χ4v) is 3.21. The van der Waals surface area contributed by atoms with Gasteiger partial charge in [0, 0.05) is 5.56 Å². The zero-order chi connectivity index (χ0) is 18.1. The predicted molar refractivity (Wildman–Crippen MR) is 99.3 cm³/mol. The molecule has 128 valence electrons. The molecule has 24 heavy (non-hydrogen) atoms. The fraction of sp³-hybridized carbons (Fsp3) is 0.0714. The lowest BCUT2D eigenvalue weighted by atomic mass is 10.2. The summed E-state index contributed by atoms with van der Waals surface area (Å²) in [6.07, 6.45) is 0.996. The number of carbonyl (C=O) groups is 1. The van der Waals surface area contributed by atoms with Crippen LogP contribution in [0.2, 0.25) is 20.1 Å². The Balaban J connectivity index is 2.25. The Morgan fingerprint density at radius 1 is 0.875 bits per heavy atom. The Morgan fingerprint density at radius 2 is 1.46 bits per heavy atom. The zero-order valence-corrected chi connectivity index (χ0v) is 15.9. The molecule has 0 atom stereocenters. The molecular formula is C14H10Cl4N2O3S. The molecule has 0 aliphatic heterocycles. The summed E-state index contributed by atoms with van der Waals surface area (Å²) in [5.41, 5.74) is 0.662. The normalized spacial score (nSPS) is 11.2. The number of anilines is 2. The summed E-state index contributed by atoms with van der Waals surface area (Å²) in [7, 11) is -3.48. The van der Waals surface area contributed by atoms with Gasteiger partial charge in [-0.3, -0.25) is 9.52 Å². The largest absolute Gasteiger partial charge is 0.321 e. The summed E-state index contributed by atoms with van der Waals surface area (Å²) < 4.78 is 24.7. The van der Waals surface area contributed by atoms with Gasteiger partial charge in [-0.2, -0.15) is 0 Å². The van der Waals surface area contributed by atoms with E-state index in [0.717, 1.165) is 6.26 Å². The van der Waals surface area contributed by atoms with Crippen LogP contribution in [0, 0.1) is 0 Å². The lowest BCUT2D eigenvalue weighted by Crippen LogP contribution is -2.13. The molecule has 0 bridgehead atoms. The number of halogens is 4.